The van der Waals surface area contributed by atoms with Gasteiger partial charge in [-0.15, -0.1) is 0 Å². The minimum Gasteiger partial charge on any atom is -0.247 e. The second-order valence-corrected chi connectivity index (χ2v) is 11.1. The summed E-state index contributed by atoms with van der Waals surface area (Å²) in [4.78, 5) is 0. The summed E-state index contributed by atoms with van der Waals surface area (Å²) in [6, 6.07) is 0. The first kappa shape index (κ1) is 21.0. The van der Waals surface area contributed by atoms with E-state index in [-0.39, 0.29) is 18.3 Å². The summed E-state index contributed by atoms with van der Waals surface area (Å²) in [5.41, 5.74) is 0. The van der Waals surface area contributed by atoms with Crippen molar-refractivity contribution in [2.24, 2.45) is 41.4 Å². The molecule has 4 aliphatic carbocycles. The van der Waals surface area contributed by atoms with Crippen LogP contribution in [0.4, 0.5) is 13.2 Å². The molecule has 0 heterocycles. The summed E-state index contributed by atoms with van der Waals surface area (Å²) in [5.74, 6) is 4.13. The maximum absolute atomic E-state index is 15.0. The first-order chi connectivity index (χ1) is 13.5. The molecule has 4 fully saturated rings. The Morgan fingerprint density at radius 1 is 0.429 bits per heavy atom. The van der Waals surface area contributed by atoms with Crippen molar-refractivity contribution >= 4 is 0 Å². The predicted octanol–water partition coefficient (Wildman–Crippen LogP) is 7.85. The molecule has 0 aromatic rings. The smallest absolute Gasteiger partial charge is 0.131 e. The highest BCUT2D eigenvalue weighted by molar-refractivity contribution is 4.92. The van der Waals surface area contributed by atoms with Crippen LogP contribution in [0.3, 0.4) is 0 Å². The van der Waals surface area contributed by atoms with E-state index in [1.807, 2.05) is 0 Å². The van der Waals surface area contributed by atoms with Gasteiger partial charge in [-0.1, -0.05) is 19.8 Å². The lowest BCUT2D eigenvalue weighted by Crippen LogP contribution is -2.39. The van der Waals surface area contributed by atoms with E-state index in [9.17, 15) is 8.78 Å². The SMILES string of the molecule is CC1CCC(C2CCC(C3CCC(C4CCC(F)C(F)C4)C(F)C3)CC2)CC1. The fourth-order valence-electron chi connectivity index (χ4n) is 7.47. The van der Waals surface area contributed by atoms with Crippen molar-refractivity contribution < 1.29 is 13.2 Å². The molecule has 6 atom stereocenters. The van der Waals surface area contributed by atoms with Gasteiger partial charge in [-0.05, 0) is 118 Å². The number of hydrogen-bond donors (Lipinski definition) is 0. The highest BCUT2D eigenvalue weighted by Crippen LogP contribution is 2.48. The van der Waals surface area contributed by atoms with Crippen LogP contribution in [-0.2, 0) is 0 Å². The normalized spacial score (nSPS) is 51.0. The van der Waals surface area contributed by atoms with Crippen molar-refractivity contribution in [3.63, 3.8) is 0 Å². The maximum atomic E-state index is 15.0. The van der Waals surface area contributed by atoms with Crippen LogP contribution in [-0.4, -0.2) is 18.5 Å². The Morgan fingerprint density at radius 2 is 0.893 bits per heavy atom. The molecule has 4 aliphatic rings. The Bertz CT molecular complexity index is 478. The van der Waals surface area contributed by atoms with Crippen LogP contribution in [0.2, 0.25) is 0 Å². The second kappa shape index (κ2) is 9.29. The molecule has 0 aromatic heterocycles. The third-order valence-corrected chi connectivity index (χ3v) is 9.41. The van der Waals surface area contributed by atoms with Gasteiger partial charge in [-0.25, -0.2) is 13.2 Å². The lowest BCUT2D eigenvalue weighted by Gasteiger charge is -2.44. The van der Waals surface area contributed by atoms with Crippen LogP contribution >= 0.6 is 0 Å². The van der Waals surface area contributed by atoms with Crippen LogP contribution < -0.4 is 0 Å². The lowest BCUT2D eigenvalue weighted by molar-refractivity contribution is 0.00456. The van der Waals surface area contributed by atoms with Crippen molar-refractivity contribution in [1.29, 1.82) is 0 Å². The highest BCUT2D eigenvalue weighted by Gasteiger charge is 2.42. The van der Waals surface area contributed by atoms with Crippen molar-refractivity contribution in [1.82, 2.24) is 0 Å². The van der Waals surface area contributed by atoms with E-state index in [0.717, 1.165) is 30.6 Å². The zero-order valence-corrected chi connectivity index (χ0v) is 17.8. The van der Waals surface area contributed by atoms with Gasteiger partial charge >= 0.3 is 0 Å². The van der Waals surface area contributed by atoms with Crippen LogP contribution in [0.5, 0.6) is 0 Å². The van der Waals surface area contributed by atoms with Gasteiger partial charge in [0.05, 0.1) is 0 Å². The third-order valence-electron chi connectivity index (χ3n) is 9.41. The molecule has 28 heavy (non-hydrogen) atoms. The van der Waals surface area contributed by atoms with Gasteiger partial charge in [0.15, 0.2) is 0 Å². The second-order valence-electron chi connectivity index (χ2n) is 11.1. The fourth-order valence-corrected chi connectivity index (χ4v) is 7.47. The van der Waals surface area contributed by atoms with Gasteiger partial charge in [-0.3, -0.25) is 0 Å². The summed E-state index contributed by atoms with van der Waals surface area (Å²) >= 11 is 0. The fraction of sp³-hybridized carbons (Fsp3) is 1.00. The summed E-state index contributed by atoms with van der Waals surface area (Å²) < 4.78 is 42.3. The van der Waals surface area contributed by atoms with Gasteiger partial charge in [0.2, 0.25) is 0 Å². The number of hydrogen-bond acceptors (Lipinski definition) is 0. The largest absolute Gasteiger partial charge is 0.247 e. The Labute approximate surface area is 170 Å². The number of halogens is 3. The van der Waals surface area contributed by atoms with Crippen LogP contribution in [0.1, 0.15) is 96.8 Å². The molecule has 162 valence electrons. The summed E-state index contributed by atoms with van der Waals surface area (Å²) in [7, 11) is 0. The Kier molecular flexibility index (Phi) is 6.98. The van der Waals surface area contributed by atoms with Crippen LogP contribution in [0, 0.1) is 41.4 Å². The molecular weight excluding hydrogens is 357 g/mol. The van der Waals surface area contributed by atoms with E-state index in [1.165, 1.54) is 51.4 Å². The van der Waals surface area contributed by atoms with Crippen LogP contribution in [0.25, 0.3) is 0 Å². The van der Waals surface area contributed by atoms with E-state index in [0.29, 0.717) is 31.1 Å². The predicted molar refractivity (Wildman–Crippen MR) is 109 cm³/mol. The molecule has 0 nitrogen and oxygen atoms in total. The minimum absolute atomic E-state index is 0.0115. The zero-order chi connectivity index (χ0) is 19.7. The summed E-state index contributed by atoms with van der Waals surface area (Å²) in [6.45, 7) is 2.40. The minimum atomic E-state index is -1.36. The van der Waals surface area contributed by atoms with E-state index in [2.05, 4.69) is 6.92 Å². The van der Waals surface area contributed by atoms with Crippen molar-refractivity contribution in [3.05, 3.63) is 0 Å². The molecule has 6 unspecified atom stereocenters. The molecule has 0 radical (unpaired) electrons. The van der Waals surface area contributed by atoms with E-state index < -0.39 is 18.5 Å². The number of alkyl halides is 3. The van der Waals surface area contributed by atoms with Gasteiger partial charge in [-0.2, -0.15) is 0 Å². The Balaban J connectivity index is 1.23. The molecule has 0 aliphatic heterocycles. The maximum Gasteiger partial charge on any atom is 0.131 e. The average Bonchev–Trinajstić information content (AvgIpc) is 2.71. The number of rotatable bonds is 3. The summed E-state index contributed by atoms with van der Waals surface area (Å²) in [6.07, 6.45) is 11.5. The van der Waals surface area contributed by atoms with Crippen LogP contribution in [0.15, 0.2) is 0 Å². The van der Waals surface area contributed by atoms with Gasteiger partial charge in [0.1, 0.15) is 18.5 Å². The molecular formula is C25H41F3. The molecule has 4 rings (SSSR count). The first-order valence-corrected chi connectivity index (χ1v) is 12.4. The molecule has 4 saturated carbocycles. The highest BCUT2D eigenvalue weighted by atomic mass is 19.2. The zero-order valence-electron chi connectivity index (χ0n) is 17.8. The average molecular weight is 399 g/mol. The molecule has 0 aromatic carbocycles. The van der Waals surface area contributed by atoms with E-state index >= 15 is 4.39 Å². The van der Waals surface area contributed by atoms with Gasteiger partial charge < -0.3 is 0 Å². The van der Waals surface area contributed by atoms with E-state index in [1.54, 1.807) is 0 Å². The molecule has 0 spiro atoms. The molecule has 0 N–H and O–H groups in total. The molecule has 3 heteroatoms. The topological polar surface area (TPSA) is 0 Å². The van der Waals surface area contributed by atoms with Gasteiger partial charge in [0.25, 0.3) is 0 Å². The first-order valence-electron chi connectivity index (χ1n) is 12.4. The Morgan fingerprint density at radius 3 is 1.46 bits per heavy atom. The van der Waals surface area contributed by atoms with Crippen molar-refractivity contribution in [2.75, 3.05) is 0 Å². The van der Waals surface area contributed by atoms with E-state index in [4.69, 9.17) is 0 Å². The monoisotopic (exact) mass is 398 g/mol. The van der Waals surface area contributed by atoms with Gasteiger partial charge in [0, 0.05) is 0 Å². The quantitative estimate of drug-likeness (QED) is 0.454. The lowest BCUT2D eigenvalue weighted by atomic mass is 9.63. The standard InChI is InChI=1S/C25H41F3/c1-16-2-4-17(5-3-16)18-6-8-19(9-7-18)20-10-12-22(24(27)14-20)21-11-13-23(26)25(28)15-21/h16-25H,2-15H2,1H3. The Hall–Kier alpha value is -0.210. The van der Waals surface area contributed by atoms with Crippen molar-refractivity contribution in [2.45, 2.75) is 115 Å². The third kappa shape index (κ3) is 4.75. The van der Waals surface area contributed by atoms with Crippen molar-refractivity contribution in [3.8, 4) is 0 Å². The molecule has 0 amide bonds. The summed E-state index contributed by atoms with van der Waals surface area (Å²) in [5, 5.41) is 0. The molecule has 0 bridgehead atoms. The molecule has 0 saturated heterocycles.